The maximum Gasteiger partial charge on any atom is 0.395 e. The zero-order valence-corrected chi connectivity index (χ0v) is 16.6. The fourth-order valence-electron chi connectivity index (χ4n) is 3.01. The average Bonchev–Trinajstić information content (AvgIpc) is 2.43. The minimum absolute atomic E-state index is 0.114. The molecule has 0 aliphatic carbocycles. The van der Waals surface area contributed by atoms with Crippen molar-refractivity contribution in [3.63, 3.8) is 0 Å². The Morgan fingerprint density at radius 3 is 2.42 bits per heavy atom. The van der Waals surface area contributed by atoms with Gasteiger partial charge in [0.05, 0.1) is 23.3 Å². The van der Waals surface area contributed by atoms with E-state index in [0.29, 0.717) is 5.75 Å². The number of aliphatic carboxylic acids is 1. The molecule has 2 aliphatic rings. The van der Waals surface area contributed by atoms with E-state index in [-0.39, 0.29) is 5.12 Å². The van der Waals surface area contributed by atoms with E-state index < -0.39 is 49.4 Å². The quantitative estimate of drug-likeness (QED) is 0.431. The van der Waals surface area contributed by atoms with E-state index in [1.807, 2.05) is 19.6 Å². The maximum absolute atomic E-state index is 12.4. The van der Waals surface area contributed by atoms with Crippen LogP contribution >= 0.6 is 23.5 Å². The van der Waals surface area contributed by atoms with Crippen LogP contribution in [-0.2, 0) is 23.6 Å². The highest BCUT2D eigenvalue weighted by Gasteiger charge is 2.59. The summed E-state index contributed by atoms with van der Waals surface area (Å²) in [6.07, 6.45) is -0.465. The molecular weight excluding hydrogens is 370 g/mol. The molecule has 134 valence electrons. The number of imide groups is 1. The molecule has 4 atom stereocenters. The summed E-state index contributed by atoms with van der Waals surface area (Å²) in [5.41, 5.74) is 0. The highest BCUT2D eigenvalue weighted by molar-refractivity contribution is 8.18. The first-order valence-corrected chi connectivity index (χ1v) is 13.0. The minimum atomic E-state index is -1.93. The zero-order chi connectivity index (χ0) is 18.2. The maximum atomic E-state index is 12.4. The Kier molecular flexibility index (Phi) is 5.83. The molecule has 2 saturated heterocycles. The Balaban J connectivity index is 2.28. The first-order chi connectivity index (χ1) is 11.0. The Hall–Kier alpha value is -0.843. The second-order valence-electron chi connectivity index (χ2n) is 6.73. The van der Waals surface area contributed by atoms with Gasteiger partial charge >= 0.3 is 11.9 Å². The van der Waals surface area contributed by atoms with Gasteiger partial charge in [-0.05, 0) is 26.6 Å². The number of carboxylic acids is 1. The van der Waals surface area contributed by atoms with Gasteiger partial charge in [-0.2, -0.15) is 0 Å². The monoisotopic (exact) mass is 391 g/mol. The van der Waals surface area contributed by atoms with Crippen molar-refractivity contribution < 1.29 is 28.7 Å². The number of hydrogen-bond acceptors (Lipinski definition) is 7. The second kappa shape index (κ2) is 7.18. The molecule has 0 aromatic carbocycles. The van der Waals surface area contributed by atoms with Crippen molar-refractivity contribution in [3.05, 3.63) is 0 Å². The van der Waals surface area contributed by atoms with Crippen molar-refractivity contribution in [1.82, 2.24) is 4.90 Å². The molecule has 0 bridgehead atoms. The van der Waals surface area contributed by atoms with E-state index >= 15 is 0 Å². The smallest absolute Gasteiger partial charge is 0.395 e. The summed E-state index contributed by atoms with van der Waals surface area (Å²) >= 11 is 2.54. The molecule has 0 radical (unpaired) electrons. The van der Waals surface area contributed by atoms with Gasteiger partial charge in [-0.3, -0.25) is 19.3 Å². The number of thioether (sulfide) groups is 2. The van der Waals surface area contributed by atoms with E-state index in [4.69, 9.17) is 9.53 Å². The highest BCUT2D eigenvalue weighted by atomic mass is 32.2. The van der Waals surface area contributed by atoms with E-state index in [0.717, 1.165) is 10.7 Å². The fourth-order valence-corrected chi connectivity index (χ4v) is 6.78. The molecule has 0 aromatic heterocycles. The van der Waals surface area contributed by atoms with Gasteiger partial charge in [0.25, 0.3) is 0 Å². The van der Waals surface area contributed by atoms with Crippen LogP contribution < -0.4 is 0 Å². The van der Waals surface area contributed by atoms with Gasteiger partial charge in [-0.25, -0.2) is 4.79 Å². The van der Waals surface area contributed by atoms with Crippen molar-refractivity contribution in [2.45, 2.75) is 44.0 Å². The first-order valence-electron chi connectivity index (χ1n) is 7.61. The number of amides is 2. The molecular formula is C14H21NO6S2Si. The molecule has 2 aliphatic heterocycles. The number of hydrogen-bond donors (Lipinski definition) is 1. The van der Waals surface area contributed by atoms with Gasteiger partial charge in [0.1, 0.15) is 0 Å². The second-order valence-corrected chi connectivity index (χ2v) is 13.5. The summed E-state index contributed by atoms with van der Waals surface area (Å²) in [4.78, 5) is 48.3. The van der Waals surface area contributed by atoms with Crippen LogP contribution in [0.5, 0.6) is 0 Å². The number of β-lactam (4-membered cyclic amide) rings is 1. The number of likely N-dealkylation sites (tertiary alicyclic amines) is 1. The summed E-state index contributed by atoms with van der Waals surface area (Å²) < 4.78 is 5.96. The third kappa shape index (κ3) is 3.87. The van der Waals surface area contributed by atoms with Crippen LogP contribution in [0.3, 0.4) is 0 Å². The van der Waals surface area contributed by atoms with Crippen molar-refractivity contribution in [3.8, 4) is 0 Å². The highest BCUT2D eigenvalue weighted by Crippen LogP contribution is 2.41. The Bertz CT molecular complexity index is 578. The first kappa shape index (κ1) is 19.5. The van der Waals surface area contributed by atoms with E-state index in [9.17, 15) is 19.2 Å². The van der Waals surface area contributed by atoms with Crippen LogP contribution in [0.4, 0.5) is 0 Å². The molecule has 2 amide bonds. The third-order valence-electron chi connectivity index (χ3n) is 3.80. The zero-order valence-electron chi connectivity index (χ0n) is 14.0. The lowest BCUT2D eigenvalue weighted by Crippen LogP contribution is -2.72. The SMILES string of the molecule is C[C@@H](O[Si](C)(C)C)[C@H]1C(=O)N(C(=O)C(=O)O)[C@@H]1[C@H]1SCCSC1=O. The molecule has 0 unspecified atom stereocenters. The number of carbonyl (C=O) groups is 4. The van der Waals surface area contributed by atoms with Crippen molar-refractivity contribution >= 4 is 54.7 Å². The molecule has 10 heteroatoms. The fraction of sp³-hybridized carbons (Fsp3) is 0.714. The lowest BCUT2D eigenvalue weighted by atomic mass is 9.81. The molecule has 2 rings (SSSR count). The van der Waals surface area contributed by atoms with Gasteiger partial charge in [0.2, 0.25) is 11.0 Å². The largest absolute Gasteiger partial charge is 0.474 e. The predicted octanol–water partition coefficient (Wildman–Crippen LogP) is 1.04. The molecule has 0 aromatic rings. The number of carboxylic acid groups (broad SMARTS) is 1. The minimum Gasteiger partial charge on any atom is -0.474 e. The summed E-state index contributed by atoms with van der Waals surface area (Å²) in [5, 5.41) is 8.26. The Labute approximate surface area is 150 Å². The van der Waals surface area contributed by atoms with Crippen LogP contribution in [-0.4, -0.2) is 70.1 Å². The number of rotatable bonds is 4. The van der Waals surface area contributed by atoms with Gasteiger partial charge < -0.3 is 9.53 Å². The average molecular weight is 392 g/mol. The molecule has 0 saturated carbocycles. The summed E-state index contributed by atoms with van der Waals surface area (Å²) in [6.45, 7) is 7.70. The molecule has 2 heterocycles. The Morgan fingerprint density at radius 1 is 1.29 bits per heavy atom. The van der Waals surface area contributed by atoms with Crippen LogP contribution in [0.15, 0.2) is 0 Å². The summed E-state index contributed by atoms with van der Waals surface area (Å²) in [6, 6.07) is -0.752. The van der Waals surface area contributed by atoms with E-state index in [1.54, 1.807) is 6.92 Å². The van der Waals surface area contributed by atoms with Gasteiger partial charge in [-0.1, -0.05) is 11.8 Å². The van der Waals surface area contributed by atoms with E-state index in [2.05, 4.69) is 0 Å². The molecule has 7 nitrogen and oxygen atoms in total. The molecule has 24 heavy (non-hydrogen) atoms. The number of carbonyl (C=O) groups excluding carboxylic acids is 3. The van der Waals surface area contributed by atoms with Crippen LogP contribution in [0.1, 0.15) is 6.92 Å². The number of nitrogens with zero attached hydrogens (tertiary/aromatic N) is 1. The topological polar surface area (TPSA) is 101 Å². The molecule has 1 N–H and O–H groups in total. The third-order valence-corrected chi connectivity index (χ3v) is 7.53. The van der Waals surface area contributed by atoms with Gasteiger partial charge in [0, 0.05) is 11.5 Å². The predicted molar refractivity (Wildman–Crippen MR) is 94.4 cm³/mol. The van der Waals surface area contributed by atoms with Gasteiger partial charge in [-0.15, -0.1) is 11.8 Å². The standard InChI is InChI=1S/C14H21NO6S2Si/c1-7(21-24(2,3)4)8-9(10-14(20)23-6-5-22-10)15(11(8)16)12(17)13(18)19/h7-10H,5-6H2,1-4H3,(H,18,19)/t7-,8-,9+,10-/m1/s1. The lowest BCUT2D eigenvalue weighted by molar-refractivity contribution is -0.177. The Morgan fingerprint density at radius 2 is 1.92 bits per heavy atom. The van der Waals surface area contributed by atoms with Crippen molar-refractivity contribution in [1.29, 1.82) is 0 Å². The van der Waals surface area contributed by atoms with Crippen LogP contribution in [0.25, 0.3) is 0 Å². The molecule has 0 spiro atoms. The lowest BCUT2D eigenvalue weighted by Gasteiger charge is -2.50. The normalized spacial score (nSPS) is 29.2. The summed E-state index contributed by atoms with van der Waals surface area (Å²) in [7, 11) is -1.93. The van der Waals surface area contributed by atoms with Crippen molar-refractivity contribution in [2.75, 3.05) is 11.5 Å². The molecule has 2 fully saturated rings. The van der Waals surface area contributed by atoms with E-state index in [1.165, 1.54) is 23.5 Å². The van der Waals surface area contributed by atoms with Gasteiger partial charge in [0.15, 0.2) is 8.32 Å². The van der Waals surface area contributed by atoms with Crippen LogP contribution in [0, 0.1) is 5.92 Å². The van der Waals surface area contributed by atoms with Crippen molar-refractivity contribution in [2.24, 2.45) is 5.92 Å². The van der Waals surface area contributed by atoms with Crippen LogP contribution in [0.2, 0.25) is 19.6 Å². The summed E-state index contributed by atoms with van der Waals surface area (Å²) in [5.74, 6) is -2.80.